The highest BCUT2D eigenvalue weighted by Crippen LogP contribution is 2.27. The number of nitrogens with zero attached hydrogens (tertiary/aromatic N) is 3. The van der Waals surface area contributed by atoms with Gasteiger partial charge in [-0.15, -0.1) is 11.3 Å². The van der Waals surface area contributed by atoms with E-state index < -0.39 is 0 Å². The first-order valence-corrected chi connectivity index (χ1v) is 11.8. The molecular formula is C24H28N4O3S. The number of hydrogen-bond donors (Lipinski definition) is 1. The number of likely N-dealkylation sites (tertiary alicyclic amines) is 1. The molecule has 0 saturated carbocycles. The summed E-state index contributed by atoms with van der Waals surface area (Å²) in [7, 11) is 0. The summed E-state index contributed by atoms with van der Waals surface area (Å²) in [6.07, 6.45) is 1.52. The molecule has 0 bridgehead atoms. The smallest absolute Gasteiger partial charge is 0.340 e. The van der Waals surface area contributed by atoms with E-state index in [0.717, 1.165) is 53.8 Å². The maximum Gasteiger partial charge on any atom is 0.340 e. The number of esters is 1. The number of piperidine rings is 1. The second kappa shape index (κ2) is 9.75. The van der Waals surface area contributed by atoms with E-state index in [1.165, 1.54) is 11.3 Å². The normalized spacial score (nSPS) is 15.1. The van der Waals surface area contributed by atoms with Crippen LogP contribution in [0.5, 0.6) is 0 Å². The van der Waals surface area contributed by atoms with Gasteiger partial charge in [-0.2, -0.15) is 0 Å². The van der Waals surface area contributed by atoms with Gasteiger partial charge in [-0.25, -0.2) is 9.78 Å². The van der Waals surface area contributed by atoms with E-state index in [9.17, 15) is 9.59 Å². The van der Waals surface area contributed by atoms with Crippen molar-refractivity contribution in [3.05, 3.63) is 52.2 Å². The lowest BCUT2D eigenvalue weighted by atomic mass is 9.95. The molecule has 2 aromatic heterocycles. The van der Waals surface area contributed by atoms with Gasteiger partial charge in [0, 0.05) is 23.2 Å². The van der Waals surface area contributed by atoms with E-state index in [-0.39, 0.29) is 17.8 Å². The summed E-state index contributed by atoms with van der Waals surface area (Å²) >= 11 is 1.45. The highest BCUT2D eigenvalue weighted by Gasteiger charge is 2.28. The molecule has 8 heteroatoms. The topological polar surface area (TPSA) is 84.4 Å². The first-order chi connectivity index (χ1) is 15.5. The zero-order valence-corrected chi connectivity index (χ0v) is 19.5. The van der Waals surface area contributed by atoms with E-state index in [4.69, 9.17) is 9.72 Å². The fraction of sp³-hybridized carbons (Fsp3) is 0.417. The molecule has 32 heavy (non-hydrogen) atoms. The predicted molar refractivity (Wildman–Crippen MR) is 126 cm³/mol. The number of amides is 1. The molecule has 1 amide bonds. The SMILES string of the molecule is CCOC(=O)c1c(CN2CCC(C(=O)Nc3nc(C)cs3)CC2)nc2ccccc2c1C. The van der Waals surface area contributed by atoms with E-state index in [1.807, 2.05) is 50.4 Å². The van der Waals surface area contributed by atoms with Crippen molar-refractivity contribution in [3.8, 4) is 0 Å². The van der Waals surface area contributed by atoms with Crippen LogP contribution in [0.3, 0.4) is 0 Å². The number of carbonyl (C=O) groups excluding carboxylic acids is 2. The molecule has 1 aliphatic rings. The first kappa shape index (κ1) is 22.4. The third-order valence-corrected chi connectivity index (χ3v) is 6.76. The molecule has 7 nitrogen and oxygen atoms in total. The van der Waals surface area contributed by atoms with Crippen LogP contribution in [0, 0.1) is 19.8 Å². The Morgan fingerprint density at radius 3 is 2.62 bits per heavy atom. The van der Waals surface area contributed by atoms with Gasteiger partial charge in [0.05, 0.1) is 29.1 Å². The number of thiazole rings is 1. The van der Waals surface area contributed by atoms with Gasteiger partial charge in [-0.1, -0.05) is 18.2 Å². The average Bonchev–Trinajstić information content (AvgIpc) is 3.19. The van der Waals surface area contributed by atoms with Gasteiger partial charge in [-0.3, -0.25) is 14.7 Å². The zero-order chi connectivity index (χ0) is 22.7. The van der Waals surface area contributed by atoms with Crippen molar-refractivity contribution in [2.24, 2.45) is 5.92 Å². The summed E-state index contributed by atoms with van der Waals surface area (Å²) in [5.41, 5.74) is 3.99. The number of aryl methyl sites for hydroxylation is 2. The van der Waals surface area contributed by atoms with Crippen molar-refractivity contribution in [2.75, 3.05) is 25.0 Å². The van der Waals surface area contributed by atoms with Gasteiger partial charge in [0.15, 0.2) is 5.13 Å². The van der Waals surface area contributed by atoms with Gasteiger partial charge < -0.3 is 10.1 Å². The molecule has 0 unspecified atom stereocenters. The van der Waals surface area contributed by atoms with Gasteiger partial charge in [-0.05, 0) is 58.3 Å². The number of pyridine rings is 1. The van der Waals surface area contributed by atoms with Crippen molar-refractivity contribution >= 4 is 39.2 Å². The first-order valence-electron chi connectivity index (χ1n) is 11.0. The summed E-state index contributed by atoms with van der Waals surface area (Å²) in [6.45, 7) is 8.09. The molecule has 1 saturated heterocycles. The number of ether oxygens (including phenoxy) is 1. The molecule has 1 aliphatic heterocycles. The van der Waals surface area contributed by atoms with Crippen LogP contribution < -0.4 is 5.32 Å². The lowest BCUT2D eigenvalue weighted by Crippen LogP contribution is -2.38. The van der Waals surface area contributed by atoms with Gasteiger partial charge >= 0.3 is 5.97 Å². The Bertz CT molecular complexity index is 1140. The standard InChI is InChI=1S/C24H28N4O3S/c1-4-31-23(30)21-16(3)18-7-5-6-8-19(18)26-20(21)13-28-11-9-17(10-12-28)22(29)27-24-25-15(2)14-32-24/h5-8,14,17H,4,9-13H2,1-3H3,(H,25,27,29). The second-order valence-corrected chi connectivity index (χ2v) is 8.99. The summed E-state index contributed by atoms with van der Waals surface area (Å²) < 4.78 is 5.34. The molecule has 1 aromatic carbocycles. The minimum Gasteiger partial charge on any atom is -0.462 e. The van der Waals surface area contributed by atoms with E-state index in [0.29, 0.717) is 23.8 Å². The maximum absolute atomic E-state index is 12.7. The minimum atomic E-state index is -0.328. The highest BCUT2D eigenvalue weighted by atomic mass is 32.1. The molecule has 3 aromatic rings. The summed E-state index contributed by atoms with van der Waals surface area (Å²) in [5, 5.41) is 6.49. The third kappa shape index (κ3) is 4.81. The van der Waals surface area contributed by atoms with Crippen LogP contribution in [0.4, 0.5) is 5.13 Å². The van der Waals surface area contributed by atoms with Crippen LogP contribution >= 0.6 is 11.3 Å². The van der Waals surface area contributed by atoms with Crippen LogP contribution in [0.1, 0.15) is 47.1 Å². The van der Waals surface area contributed by atoms with Crippen LogP contribution in [0.25, 0.3) is 10.9 Å². The molecule has 4 rings (SSSR count). The van der Waals surface area contributed by atoms with Gasteiger partial charge in [0.25, 0.3) is 0 Å². The zero-order valence-electron chi connectivity index (χ0n) is 18.7. The van der Waals surface area contributed by atoms with Crippen LogP contribution in [-0.4, -0.2) is 46.4 Å². The molecule has 168 valence electrons. The van der Waals surface area contributed by atoms with Crippen LogP contribution in [0.15, 0.2) is 29.6 Å². The number of nitrogens with one attached hydrogen (secondary N) is 1. The fourth-order valence-corrected chi connectivity index (χ4v) is 4.90. The third-order valence-electron chi connectivity index (χ3n) is 5.89. The number of fused-ring (bicyclic) bond motifs is 1. The van der Waals surface area contributed by atoms with Crippen molar-refractivity contribution in [2.45, 2.75) is 40.2 Å². The average molecular weight is 453 g/mol. The van der Waals surface area contributed by atoms with Crippen molar-refractivity contribution in [1.82, 2.24) is 14.9 Å². The number of hydrogen-bond acceptors (Lipinski definition) is 7. The Kier molecular flexibility index (Phi) is 6.81. The fourth-order valence-electron chi connectivity index (χ4n) is 4.21. The molecule has 0 spiro atoms. The van der Waals surface area contributed by atoms with E-state index >= 15 is 0 Å². The molecule has 1 fully saturated rings. The van der Waals surface area contributed by atoms with Crippen molar-refractivity contribution < 1.29 is 14.3 Å². The van der Waals surface area contributed by atoms with Gasteiger partial charge in [0.2, 0.25) is 5.91 Å². The monoisotopic (exact) mass is 452 g/mol. The number of para-hydroxylation sites is 1. The number of rotatable bonds is 6. The molecular weight excluding hydrogens is 424 g/mol. The molecule has 0 aliphatic carbocycles. The Morgan fingerprint density at radius 2 is 1.94 bits per heavy atom. The Balaban J connectivity index is 1.47. The summed E-state index contributed by atoms with van der Waals surface area (Å²) in [5.74, 6) is -0.330. The summed E-state index contributed by atoms with van der Waals surface area (Å²) in [6, 6.07) is 7.86. The molecule has 3 heterocycles. The number of benzene rings is 1. The molecule has 1 N–H and O–H groups in total. The summed E-state index contributed by atoms with van der Waals surface area (Å²) in [4.78, 5) is 36.8. The number of anilines is 1. The van der Waals surface area contributed by atoms with Crippen LogP contribution in [-0.2, 0) is 16.1 Å². The lowest BCUT2D eigenvalue weighted by Gasteiger charge is -2.31. The van der Waals surface area contributed by atoms with Crippen molar-refractivity contribution in [1.29, 1.82) is 0 Å². The van der Waals surface area contributed by atoms with E-state index in [1.54, 1.807) is 0 Å². The quantitative estimate of drug-likeness (QED) is 0.560. The second-order valence-electron chi connectivity index (χ2n) is 8.13. The maximum atomic E-state index is 12.7. The van der Waals surface area contributed by atoms with Crippen molar-refractivity contribution in [3.63, 3.8) is 0 Å². The Hall–Kier alpha value is -2.84. The predicted octanol–water partition coefficient (Wildman–Crippen LogP) is 4.34. The lowest BCUT2D eigenvalue weighted by molar-refractivity contribution is -0.121. The van der Waals surface area contributed by atoms with Gasteiger partial charge in [0.1, 0.15) is 0 Å². The number of carbonyl (C=O) groups is 2. The largest absolute Gasteiger partial charge is 0.462 e. The number of aromatic nitrogens is 2. The Labute approximate surface area is 191 Å². The van der Waals surface area contributed by atoms with Crippen LogP contribution in [0.2, 0.25) is 0 Å². The Morgan fingerprint density at radius 1 is 1.19 bits per heavy atom. The molecule has 0 atom stereocenters. The highest BCUT2D eigenvalue weighted by molar-refractivity contribution is 7.13. The van der Waals surface area contributed by atoms with E-state index in [2.05, 4.69) is 15.2 Å². The molecule has 0 radical (unpaired) electrons. The minimum absolute atomic E-state index is 0.0332.